The molecule has 1 fully saturated rings. The van der Waals surface area contributed by atoms with Crippen LogP contribution in [0.15, 0.2) is 21.2 Å². The first-order valence-electron chi connectivity index (χ1n) is 7.99. The molecular weight excluding hydrogens is 380 g/mol. The zero-order chi connectivity index (χ0) is 17.5. The van der Waals surface area contributed by atoms with E-state index < -0.39 is 0 Å². The zero-order valence-corrected chi connectivity index (χ0v) is 15.1. The van der Waals surface area contributed by atoms with Crippen molar-refractivity contribution >= 4 is 33.7 Å². The van der Waals surface area contributed by atoms with Crippen molar-refractivity contribution < 1.29 is 23.5 Å². The number of nitrogens with zero attached hydrogens (tertiary/aromatic N) is 1. The molecule has 0 aliphatic carbocycles. The van der Waals surface area contributed by atoms with Gasteiger partial charge in [-0.25, -0.2) is 0 Å². The van der Waals surface area contributed by atoms with E-state index in [1.165, 1.54) is 0 Å². The van der Waals surface area contributed by atoms with E-state index in [2.05, 4.69) is 21.2 Å². The number of rotatable bonds is 6. The van der Waals surface area contributed by atoms with Crippen molar-refractivity contribution in [2.45, 2.75) is 38.6 Å². The normalized spacial score (nSPS) is 15.2. The lowest BCUT2D eigenvalue weighted by Crippen LogP contribution is -2.46. The summed E-state index contributed by atoms with van der Waals surface area (Å²) in [6.45, 7) is 3.19. The van der Waals surface area contributed by atoms with Gasteiger partial charge in [0.2, 0.25) is 5.91 Å². The summed E-state index contributed by atoms with van der Waals surface area (Å²) in [5, 5.41) is 2.91. The molecule has 2 rings (SSSR count). The van der Waals surface area contributed by atoms with Crippen molar-refractivity contribution in [2.24, 2.45) is 0 Å². The fraction of sp³-hybridized carbons (Fsp3) is 0.562. The molecule has 0 saturated carbocycles. The first-order chi connectivity index (χ1) is 11.5. The minimum atomic E-state index is -0.349. The standard InChI is InChI=1S/C16H21BrN2O5/c1-2-23-15(21)6-5-14(20)19-9-7-11(8-10-19)18-16(22)12-3-4-13(17)24-12/h3-4,11H,2,5-10H2,1H3,(H,18,22). The average molecular weight is 401 g/mol. The van der Waals surface area contributed by atoms with Gasteiger partial charge in [-0.1, -0.05) is 0 Å². The van der Waals surface area contributed by atoms with Gasteiger partial charge in [0.15, 0.2) is 10.4 Å². The van der Waals surface area contributed by atoms with Gasteiger partial charge in [0.05, 0.1) is 13.0 Å². The monoisotopic (exact) mass is 400 g/mol. The molecule has 1 aromatic heterocycles. The van der Waals surface area contributed by atoms with E-state index in [1.54, 1.807) is 24.0 Å². The van der Waals surface area contributed by atoms with Gasteiger partial charge in [-0.3, -0.25) is 14.4 Å². The van der Waals surface area contributed by atoms with E-state index in [1.807, 2.05) is 0 Å². The smallest absolute Gasteiger partial charge is 0.306 e. The van der Waals surface area contributed by atoms with Crippen LogP contribution in [0.4, 0.5) is 0 Å². The van der Waals surface area contributed by atoms with Gasteiger partial charge < -0.3 is 19.4 Å². The topological polar surface area (TPSA) is 88.9 Å². The average Bonchev–Trinajstić information content (AvgIpc) is 3.00. The van der Waals surface area contributed by atoms with Crippen LogP contribution in [0, 0.1) is 0 Å². The first-order valence-corrected chi connectivity index (χ1v) is 8.78. The van der Waals surface area contributed by atoms with Gasteiger partial charge in [0.1, 0.15) is 0 Å². The number of esters is 1. The molecule has 0 atom stereocenters. The Kier molecular flexibility index (Phi) is 6.84. The van der Waals surface area contributed by atoms with Crippen LogP contribution in [0.5, 0.6) is 0 Å². The van der Waals surface area contributed by atoms with Crippen LogP contribution in [0.3, 0.4) is 0 Å². The summed E-state index contributed by atoms with van der Waals surface area (Å²) >= 11 is 3.16. The Balaban J connectivity index is 1.72. The largest absolute Gasteiger partial charge is 0.466 e. The molecule has 1 aliphatic heterocycles. The van der Waals surface area contributed by atoms with Gasteiger partial charge in [0, 0.05) is 25.6 Å². The molecule has 0 bridgehead atoms. The number of likely N-dealkylation sites (tertiary alicyclic amines) is 1. The first kappa shape index (κ1) is 18.5. The molecule has 0 radical (unpaired) electrons. The number of hydrogen-bond acceptors (Lipinski definition) is 5. The lowest BCUT2D eigenvalue weighted by atomic mass is 10.0. The van der Waals surface area contributed by atoms with E-state index in [0.717, 1.165) is 0 Å². The minimum Gasteiger partial charge on any atom is -0.466 e. The van der Waals surface area contributed by atoms with E-state index in [4.69, 9.17) is 9.15 Å². The van der Waals surface area contributed by atoms with Crippen molar-refractivity contribution in [2.75, 3.05) is 19.7 Å². The van der Waals surface area contributed by atoms with Crippen molar-refractivity contribution in [3.63, 3.8) is 0 Å². The van der Waals surface area contributed by atoms with Crippen LogP contribution >= 0.6 is 15.9 Å². The van der Waals surface area contributed by atoms with Crippen LogP contribution in [-0.2, 0) is 14.3 Å². The van der Waals surface area contributed by atoms with Crippen molar-refractivity contribution in [1.82, 2.24) is 10.2 Å². The fourth-order valence-electron chi connectivity index (χ4n) is 2.57. The number of nitrogens with one attached hydrogen (secondary N) is 1. The number of carbonyl (C=O) groups is 3. The second kappa shape index (κ2) is 8.86. The number of piperidine rings is 1. The van der Waals surface area contributed by atoms with E-state index >= 15 is 0 Å². The molecule has 1 saturated heterocycles. The van der Waals surface area contributed by atoms with Crippen LogP contribution in [-0.4, -0.2) is 48.4 Å². The molecule has 8 heteroatoms. The maximum absolute atomic E-state index is 12.1. The van der Waals surface area contributed by atoms with Gasteiger partial charge in [-0.05, 0) is 47.8 Å². The molecule has 0 spiro atoms. The molecule has 2 amide bonds. The van der Waals surface area contributed by atoms with Crippen LogP contribution in [0.2, 0.25) is 0 Å². The second-order valence-electron chi connectivity index (χ2n) is 5.54. The predicted octanol–water partition coefficient (Wildman–Crippen LogP) is 2.11. The highest BCUT2D eigenvalue weighted by Crippen LogP contribution is 2.16. The number of carbonyl (C=O) groups excluding carboxylic acids is 3. The van der Waals surface area contributed by atoms with Crippen molar-refractivity contribution in [3.05, 3.63) is 22.6 Å². The Labute approximate surface area is 148 Å². The molecular formula is C16H21BrN2O5. The maximum atomic E-state index is 12.1. The summed E-state index contributed by atoms with van der Waals surface area (Å²) in [5.74, 6) is -0.400. The summed E-state index contributed by atoms with van der Waals surface area (Å²) < 4.78 is 10.5. The highest BCUT2D eigenvalue weighted by atomic mass is 79.9. The third kappa shape index (κ3) is 5.36. The second-order valence-corrected chi connectivity index (χ2v) is 6.32. The molecule has 2 heterocycles. The number of amides is 2. The molecule has 132 valence electrons. The van der Waals surface area contributed by atoms with Crippen LogP contribution in [0.1, 0.15) is 43.2 Å². The quantitative estimate of drug-likeness (QED) is 0.738. The Bertz CT molecular complexity index is 593. The summed E-state index contributed by atoms with van der Waals surface area (Å²) in [6.07, 6.45) is 1.63. The molecule has 7 nitrogen and oxygen atoms in total. The molecule has 0 aromatic carbocycles. The molecule has 24 heavy (non-hydrogen) atoms. The summed E-state index contributed by atoms with van der Waals surface area (Å²) in [4.78, 5) is 37.1. The van der Waals surface area contributed by atoms with E-state index in [-0.39, 0.29) is 42.4 Å². The molecule has 1 N–H and O–H groups in total. The third-order valence-electron chi connectivity index (χ3n) is 3.83. The molecule has 0 unspecified atom stereocenters. The zero-order valence-electron chi connectivity index (χ0n) is 13.5. The number of ether oxygens (including phenoxy) is 1. The summed E-state index contributed by atoms with van der Waals surface area (Å²) in [5.41, 5.74) is 0. The number of hydrogen-bond donors (Lipinski definition) is 1. The lowest BCUT2D eigenvalue weighted by molar-refractivity contribution is -0.145. The Morgan fingerprint density at radius 2 is 2.00 bits per heavy atom. The number of furan rings is 1. The Morgan fingerprint density at radius 1 is 1.29 bits per heavy atom. The lowest BCUT2D eigenvalue weighted by Gasteiger charge is -2.32. The van der Waals surface area contributed by atoms with Crippen molar-refractivity contribution in [1.29, 1.82) is 0 Å². The van der Waals surface area contributed by atoms with Gasteiger partial charge in [-0.2, -0.15) is 0 Å². The third-order valence-corrected chi connectivity index (χ3v) is 4.25. The van der Waals surface area contributed by atoms with Gasteiger partial charge >= 0.3 is 5.97 Å². The SMILES string of the molecule is CCOC(=O)CCC(=O)N1CCC(NC(=O)c2ccc(Br)o2)CC1. The maximum Gasteiger partial charge on any atom is 0.306 e. The van der Waals surface area contributed by atoms with Crippen LogP contribution < -0.4 is 5.32 Å². The van der Waals surface area contributed by atoms with Gasteiger partial charge in [-0.15, -0.1) is 0 Å². The summed E-state index contributed by atoms with van der Waals surface area (Å²) in [7, 11) is 0. The fourth-order valence-corrected chi connectivity index (χ4v) is 2.87. The highest BCUT2D eigenvalue weighted by molar-refractivity contribution is 9.10. The minimum absolute atomic E-state index is 0.00971. The van der Waals surface area contributed by atoms with Crippen LogP contribution in [0.25, 0.3) is 0 Å². The van der Waals surface area contributed by atoms with Gasteiger partial charge in [0.25, 0.3) is 5.91 Å². The Hall–Kier alpha value is -1.83. The van der Waals surface area contributed by atoms with Crippen molar-refractivity contribution in [3.8, 4) is 0 Å². The van der Waals surface area contributed by atoms with E-state index in [0.29, 0.717) is 37.2 Å². The van der Waals surface area contributed by atoms with E-state index in [9.17, 15) is 14.4 Å². The predicted molar refractivity (Wildman–Crippen MR) is 89.3 cm³/mol. The number of halogens is 1. The Morgan fingerprint density at radius 3 is 2.58 bits per heavy atom. The molecule has 1 aromatic rings. The molecule has 1 aliphatic rings. The summed E-state index contributed by atoms with van der Waals surface area (Å²) in [6, 6.07) is 3.28. The highest BCUT2D eigenvalue weighted by Gasteiger charge is 2.25.